The van der Waals surface area contributed by atoms with Gasteiger partial charge in [0.05, 0.1) is 24.1 Å². The van der Waals surface area contributed by atoms with Gasteiger partial charge in [0.2, 0.25) is 5.91 Å². The molecule has 1 fully saturated rings. The Morgan fingerprint density at radius 1 is 1.11 bits per heavy atom. The van der Waals surface area contributed by atoms with Crippen LogP contribution in [0.3, 0.4) is 0 Å². The quantitative estimate of drug-likeness (QED) is 0.668. The highest BCUT2D eigenvalue weighted by atomic mass is 16.4. The van der Waals surface area contributed by atoms with Gasteiger partial charge in [0.25, 0.3) is 5.91 Å². The third-order valence-corrected chi connectivity index (χ3v) is 5.42. The van der Waals surface area contributed by atoms with Gasteiger partial charge in [-0.1, -0.05) is 43.5 Å². The van der Waals surface area contributed by atoms with Crippen LogP contribution in [0.1, 0.15) is 47.4 Å². The summed E-state index contributed by atoms with van der Waals surface area (Å²) in [6.07, 6.45) is 4.93. The molecule has 1 aliphatic carbocycles. The van der Waals surface area contributed by atoms with Crippen molar-refractivity contribution in [2.24, 2.45) is 5.92 Å². The fourth-order valence-corrected chi connectivity index (χ4v) is 3.77. The number of fused-ring (bicyclic) bond motifs is 1. The van der Waals surface area contributed by atoms with Gasteiger partial charge in [-0.25, -0.2) is 9.64 Å². The largest absolute Gasteiger partial charge is 0.426 e. The van der Waals surface area contributed by atoms with E-state index in [0.717, 1.165) is 6.42 Å². The maximum Gasteiger partial charge on any atom is 0.344 e. The Morgan fingerprint density at radius 3 is 2.48 bits per heavy atom. The van der Waals surface area contributed by atoms with Crippen LogP contribution in [0.25, 0.3) is 16.0 Å². The van der Waals surface area contributed by atoms with Crippen molar-refractivity contribution in [1.29, 1.82) is 0 Å². The van der Waals surface area contributed by atoms with Crippen molar-refractivity contribution in [2.45, 2.75) is 38.5 Å². The maximum absolute atomic E-state index is 12.7. The van der Waals surface area contributed by atoms with Crippen molar-refractivity contribution < 1.29 is 14.0 Å². The predicted octanol–water partition coefficient (Wildman–Crippen LogP) is 3.40. The second-order valence-corrected chi connectivity index (χ2v) is 7.09. The minimum absolute atomic E-state index is 0.107. The van der Waals surface area contributed by atoms with Gasteiger partial charge >= 0.3 is 5.63 Å². The number of carbonyl (C=O) groups is 2. The van der Waals surface area contributed by atoms with Crippen molar-refractivity contribution in [3.05, 3.63) is 63.0 Å². The summed E-state index contributed by atoms with van der Waals surface area (Å²) in [5.74, 6) is -0.209. The average Bonchev–Trinajstić information content (AvgIpc) is 2.59. The minimum atomic E-state index is -0.546. The summed E-state index contributed by atoms with van der Waals surface area (Å²) in [7, 11) is 0. The van der Waals surface area contributed by atoms with Gasteiger partial charge in [-0.05, 0) is 29.9 Å². The molecule has 2 amide bonds. The lowest BCUT2D eigenvalue weighted by atomic mass is 9.80. The highest BCUT2D eigenvalue weighted by Crippen LogP contribution is 2.34. The van der Waals surface area contributed by atoms with Crippen molar-refractivity contribution >= 4 is 17.5 Å². The molecule has 1 N–H and O–H groups in total. The molecule has 6 nitrogen and oxygen atoms in total. The zero-order chi connectivity index (χ0) is 19.0. The molecule has 136 valence electrons. The predicted molar refractivity (Wildman–Crippen MR) is 98.5 cm³/mol. The van der Waals surface area contributed by atoms with Crippen LogP contribution in [0.5, 0.6) is 0 Å². The van der Waals surface area contributed by atoms with Gasteiger partial charge in [0, 0.05) is 0 Å². The van der Waals surface area contributed by atoms with Crippen LogP contribution in [0, 0.1) is 12.5 Å². The number of imide groups is 1. The summed E-state index contributed by atoms with van der Waals surface area (Å²) in [6, 6.07) is 6.68. The lowest BCUT2D eigenvalue weighted by molar-refractivity contribution is -0.120. The Balaban J connectivity index is 1.86. The topological polar surface area (TPSA) is 80.7 Å². The van der Waals surface area contributed by atoms with Crippen LogP contribution in [0.2, 0.25) is 0 Å². The van der Waals surface area contributed by atoms with Crippen LogP contribution in [-0.2, 0) is 17.6 Å². The number of hydrogen-bond donors (Lipinski definition) is 1. The van der Waals surface area contributed by atoms with Crippen LogP contribution in [0.15, 0.2) is 33.5 Å². The monoisotopic (exact) mass is 362 g/mol. The highest BCUT2D eigenvalue weighted by Gasteiger charge is 2.31. The molecule has 0 bridgehead atoms. The first-order chi connectivity index (χ1) is 13.1. The Hall–Kier alpha value is -3.20. The molecule has 6 heteroatoms. The Kier molecular flexibility index (Phi) is 4.36. The summed E-state index contributed by atoms with van der Waals surface area (Å²) in [4.78, 5) is 40.3. The number of hydrogen-bond acceptors (Lipinski definition) is 4. The van der Waals surface area contributed by atoms with Crippen molar-refractivity contribution in [1.82, 2.24) is 5.32 Å². The SMILES string of the molecule is [C-]#[N+]c1ccc(-c2c(CCC3CCC3)c3c(oc2=O)CC(=O)NC3=O)cc1. The summed E-state index contributed by atoms with van der Waals surface area (Å²) < 4.78 is 5.37. The molecule has 0 unspecified atom stereocenters. The molecule has 2 aliphatic rings. The van der Waals surface area contributed by atoms with Crippen molar-refractivity contribution in [2.75, 3.05) is 0 Å². The number of amides is 2. The van der Waals surface area contributed by atoms with Gasteiger partial charge in [0.1, 0.15) is 5.76 Å². The lowest BCUT2D eigenvalue weighted by Crippen LogP contribution is -2.39. The number of benzene rings is 1. The highest BCUT2D eigenvalue weighted by molar-refractivity contribution is 6.10. The third kappa shape index (κ3) is 3.17. The molecule has 2 aromatic rings. The Bertz CT molecular complexity index is 1020. The summed E-state index contributed by atoms with van der Waals surface area (Å²) in [6.45, 7) is 7.07. The fourth-order valence-electron chi connectivity index (χ4n) is 3.77. The van der Waals surface area contributed by atoms with Gasteiger partial charge in [-0.2, -0.15) is 0 Å². The molecule has 1 aromatic carbocycles. The molecular formula is C21H18N2O4. The molecular weight excluding hydrogens is 344 g/mol. The first-order valence-electron chi connectivity index (χ1n) is 9.07. The van der Waals surface area contributed by atoms with E-state index in [4.69, 9.17) is 11.0 Å². The normalized spacial score (nSPS) is 16.3. The molecule has 0 radical (unpaired) electrons. The molecule has 4 rings (SSSR count). The van der Waals surface area contributed by atoms with E-state index in [-0.39, 0.29) is 12.2 Å². The van der Waals surface area contributed by atoms with Gasteiger partial charge < -0.3 is 4.42 Å². The molecule has 0 atom stereocenters. The maximum atomic E-state index is 12.7. The molecule has 1 aliphatic heterocycles. The number of rotatable bonds is 4. The number of nitrogens with one attached hydrogen (secondary N) is 1. The molecule has 2 heterocycles. The second kappa shape index (κ2) is 6.84. The van der Waals surface area contributed by atoms with Crippen LogP contribution < -0.4 is 10.9 Å². The van der Waals surface area contributed by atoms with Crippen molar-refractivity contribution in [3.63, 3.8) is 0 Å². The first kappa shape index (κ1) is 17.2. The first-order valence-corrected chi connectivity index (χ1v) is 9.07. The van der Waals surface area contributed by atoms with Crippen molar-refractivity contribution in [3.8, 4) is 11.1 Å². The summed E-state index contributed by atoms with van der Waals surface area (Å²) >= 11 is 0. The van der Waals surface area contributed by atoms with E-state index < -0.39 is 17.4 Å². The summed E-state index contributed by atoms with van der Waals surface area (Å²) in [5, 5.41) is 2.33. The average molecular weight is 362 g/mol. The molecule has 27 heavy (non-hydrogen) atoms. The van der Waals surface area contributed by atoms with Crippen LogP contribution in [0.4, 0.5) is 5.69 Å². The van der Waals surface area contributed by atoms with E-state index in [1.54, 1.807) is 24.3 Å². The van der Waals surface area contributed by atoms with E-state index in [9.17, 15) is 14.4 Å². The number of carbonyl (C=O) groups excluding carboxylic acids is 2. The lowest BCUT2D eigenvalue weighted by Gasteiger charge is -2.26. The van der Waals surface area contributed by atoms with Crippen LogP contribution in [-0.4, -0.2) is 11.8 Å². The molecule has 1 aromatic heterocycles. The van der Waals surface area contributed by atoms with Gasteiger partial charge in [-0.15, -0.1) is 0 Å². The van der Waals surface area contributed by atoms with Gasteiger partial charge in [0.15, 0.2) is 5.69 Å². The Labute approximate surface area is 156 Å². The molecule has 1 saturated carbocycles. The smallest absolute Gasteiger partial charge is 0.344 e. The second-order valence-electron chi connectivity index (χ2n) is 7.09. The molecule has 0 spiro atoms. The standard InChI is InChI=1S/C21H18N2O4/c1-22-14-8-6-13(7-9-14)18-15(10-5-12-3-2-4-12)19-16(27-21(18)26)11-17(24)23-20(19)25/h6-9,12H,2-5,10-11H2,(H,23,24,25). The van der Waals surface area contributed by atoms with E-state index in [2.05, 4.69) is 10.2 Å². The van der Waals surface area contributed by atoms with E-state index in [1.165, 1.54) is 19.3 Å². The molecule has 0 saturated heterocycles. The van der Waals surface area contributed by atoms with E-state index >= 15 is 0 Å². The van der Waals surface area contributed by atoms with Crippen LogP contribution >= 0.6 is 0 Å². The minimum Gasteiger partial charge on any atom is -0.426 e. The Morgan fingerprint density at radius 2 is 1.85 bits per heavy atom. The van der Waals surface area contributed by atoms with E-state index in [1.807, 2.05) is 0 Å². The fraction of sp³-hybridized carbons (Fsp3) is 0.333. The number of nitrogens with zero attached hydrogens (tertiary/aromatic N) is 1. The zero-order valence-electron chi connectivity index (χ0n) is 14.7. The summed E-state index contributed by atoms with van der Waals surface area (Å²) in [5.41, 5.74) is 1.86. The van der Waals surface area contributed by atoms with E-state index in [0.29, 0.717) is 40.3 Å². The zero-order valence-corrected chi connectivity index (χ0v) is 14.7. The third-order valence-electron chi connectivity index (χ3n) is 5.42. The van der Waals surface area contributed by atoms with Gasteiger partial charge in [-0.3, -0.25) is 14.9 Å².